The molecule has 2 rings (SSSR count). The van der Waals surface area contributed by atoms with E-state index in [1.807, 2.05) is 30.5 Å². The molecule has 0 aliphatic heterocycles. The number of hydrogen-bond donors (Lipinski definition) is 1. The van der Waals surface area contributed by atoms with Crippen molar-refractivity contribution in [3.05, 3.63) is 42.2 Å². The van der Waals surface area contributed by atoms with Crippen molar-refractivity contribution in [3.63, 3.8) is 0 Å². The highest BCUT2D eigenvalue weighted by atomic mass is 16.5. The van der Waals surface area contributed by atoms with Gasteiger partial charge in [0.1, 0.15) is 5.75 Å². The van der Waals surface area contributed by atoms with Gasteiger partial charge in [-0.15, -0.1) is 0 Å². The van der Waals surface area contributed by atoms with Crippen molar-refractivity contribution in [1.29, 1.82) is 0 Å². The number of benzene rings is 1. The van der Waals surface area contributed by atoms with E-state index in [2.05, 4.69) is 5.10 Å². The van der Waals surface area contributed by atoms with Crippen molar-refractivity contribution < 1.29 is 9.84 Å². The molecule has 1 aromatic carbocycles. The summed E-state index contributed by atoms with van der Waals surface area (Å²) in [7, 11) is 1.59. The minimum Gasteiger partial charge on any atom is -0.496 e. The standard InChI is InChI=1S/C12H14N2O2/c1-9(15)12-10(14-8-4-7-13-14)5-3-6-11(12)16-2/h3-9,15H,1-2H3/t9-/m0/s1. The summed E-state index contributed by atoms with van der Waals surface area (Å²) in [6.45, 7) is 1.71. The van der Waals surface area contributed by atoms with E-state index >= 15 is 0 Å². The van der Waals surface area contributed by atoms with Gasteiger partial charge in [0.2, 0.25) is 0 Å². The maximum atomic E-state index is 9.79. The van der Waals surface area contributed by atoms with E-state index in [1.54, 1.807) is 24.9 Å². The number of aromatic nitrogens is 2. The lowest BCUT2D eigenvalue weighted by Gasteiger charge is -2.15. The van der Waals surface area contributed by atoms with Crippen LogP contribution < -0.4 is 4.74 Å². The molecule has 4 heteroatoms. The van der Waals surface area contributed by atoms with Crippen LogP contribution in [0.3, 0.4) is 0 Å². The van der Waals surface area contributed by atoms with Crippen LogP contribution in [-0.4, -0.2) is 22.0 Å². The molecule has 0 radical (unpaired) electrons. The fourth-order valence-corrected chi connectivity index (χ4v) is 1.74. The third-order valence-electron chi connectivity index (χ3n) is 2.43. The molecule has 16 heavy (non-hydrogen) atoms. The highest BCUT2D eigenvalue weighted by Crippen LogP contribution is 2.30. The molecule has 1 atom stereocenters. The van der Waals surface area contributed by atoms with Gasteiger partial charge in [-0.1, -0.05) is 6.07 Å². The molecule has 4 nitrogen and oxygen atoms in total. The molecule has 84 valence electrons. The zero-order valence-electron chi connectivity index (χ0n) is 9.29. The summed E-state index contributed by atoms with van der Waals surface area (Å²) in [6.07, 6.45) is 2.93. The van der Waals surface area contributed by atoms with Crippen molar-refractivity contribution in [2.75, 3.05) is 7.11 Å². The summed E-state index contributed by atoms with van der Waals surface area (Å²) < 4.78 is 6.96. The number of aliphatic hydroxyl groups is 1. The third kappa shape index (κ3) is 1.79. The van der Waals surface area contributed by atoms with Gasteiger partial charge >= 0.3 is 0 Å². The number of hydrogen-bond acceptors (Lipinski definition) is 3. The minimum atomic E-state index is -0.602. The van der Waals surface area contributed by atoms with E-state index in [9.17, 15) is 5.11 Å². The second-order valence-corrected chi connectivity index (χ2v) is 3.52. The predicted molar refractivity (Wildman–Crippen MR) is 60.7 cm³/mol. The first-order valence-electron chi connectivity index (χ1n) is 5.09. The molecule has 2 aromatic rings. The van der Waals surface area contributed by atoms with Crippen LogP contribution in [0.1, 0.15) is 18.6 Å². The first kappa shape index (κ1) is 10.7. The molecular weight excluding hydrogens is 204 g/mol. The molecule has 0 aliphatic carbocycles. The Bertz CT molecular complexity index is 464. The Hall–Kier alpha value is -1.81. The maximum absolute atomic E-state index is 9.79. The Morgan fingerprint density at radius 2 is 2.19 bits per heavy atom. The predicted octanol–water partition coefficient (Wildman–Crippen LogP) is 1.93. The van der Waals surface area contributed by atoms with E-state index in [0.717, 1.165) is 11.3 Å². The quantitative estimate of drug-likeness (QED) is 0.856. The fourth-order valence-electron chi connectivity index (χ4n) is 1.74. The van der Waals surface area contributed by atoms with Gasteiger partial charge in [0.05, 0.1) is 18.9 Å². The number of rotatable bonds is 3. The van der Waals surface area contributed by atoms with Crippen LogP contribution in [0.15, 0.2) is 36.7 Å². The van der Waals surface area contributed by atoms with Crippen LogP contribution in [0.25, 0.3) is 5.69 Å². The average molecular weight is 218 g/mol. The molecule has 1 heterocycles. The molecule has 1 N–H and O–H groups in total. The van der Waals surface area contributed by atoms with Gasteiger partial charge < -0.3 is 9.84 Å². The fraction of sp³-hybridized carbons (Fsp3) is 0.250. The second-order valence-electron chi connectivity index (χ2n) is 3.52. The van der Waals surface area contributed by atoms with Gasteiger partial charge in [0, 0.05) is 18.0 Å². The molecule has 0 amide bonds. The summed E-state index contributed by atoms with van der Waals surface area (Å²) >= 11 is 0. The van der Waals surface area contributed by atoms with Crippen LogP contribution in [0.5, 0.6) is 5.75 Å². The van der Waals surface area contributed by atoms with Gasteiger partial charge in [-0.3, -0.25) is 0 Å². The lowest BCUT2D eigenvalue weighted by atomic mass is 10.1. The molecule has 0 bridgehead atoms. The summed E-state index contributed by atoms with van der Waals surface area (Å²) in [5, 5.41) is 13.9. The Morgan fingerprint density at radius 1 is 1.38 bits per heavy atom. The van der Waals surface area contributed by atoms with E-state index in [4.69, 9.17) is 4.74 Å². The summed E-state index contributed by atoms with van der Waals surface area (Å²) in [6, 6.07) is 7.44. The minimum absolute atomic E-state index is 0.602. The van der Waals surface area contributed by atoms with Gasteiger partial charge in [0.15, 0.2) is 0 Å². The summed E-state index contributed by atoms with van der Waals surface area (Å²) in [5.41, 5.74) is 1.58. The maximum Gasteiger partial charge on any atom is 0.126 e. The largest absolute Gasteiger partial charge is 0.496 e. The van der Waals surface area contributed by atoms with Gasteiger partial charge in [-0.25, -0.2) is 4.68 Å². The molecule has 0 spiro atoms. The zero-order valence-corrected chi connectivity index (χ0v) is 9.29. The Kier molecular flexibility index (Phi) is 2.92. The normalized spacial score (nSPS) is 12.4. The number of nitrogens with zero attached hydrogens (tertiary/aromatic N) is 2. The van der Waals surface area contributed by atoms with Crippen molar-refractivity contribution in [2.45, 2.75) is 13.0 Å². The first-order valence-corrected chi connectivity index (χ1v) is 5.09. The smallest absolute Gasteiger partial charge is 0.126 e. The number of aliphatic hydroxyl groups excluding tert-OH is 1. The number of methoxy groups -OCH3 is 1. The van der Waals surface area contributed by atoms with Crippen LogP contribution >= 0.6 is 0 Å². The lowest BCUT2D eigenvalue weighted by molar-refractivity contribution is 0.194. The lowest BCUT2D eigenvalue weighted by Crippen LogP contribution is -2.05. The monoisotopic (exact) mass is 218 g/mol. The van der Waals surface area contributed by atoms with Crippen LogP contribution in [-0.2, 0) is 0 Å². The molecule has 0 saturated heterocycles. The molecule has 1 aromatic heterocycles. The van der Waals surface area contributed by atoms with Gasteiger partial charge in [-0.2, -0.15) is 5.10 Å². The highest BCUT2D eigenvalue weighted by Gasteiger charge is 2.15. The Balaban J connectivity index is 2.61. The Labute approximate surface area is 94.1 Å². The van der Waals surface area contributed by atoms with Crippen molar-refractivity contribution in [2.24, 2.45) is 0 Å². The molecule has 0 aliphatic rings. The number of ether oxygens (including phenoxy) is 1. The Morgan fingerprint density at radius 3 is 2.75 bits per heavy atom. The highest BCUT2D eigenvalue weighted by molar-refractivity contribution is 5.50. The van der Waals surface area contributed by atoms with E-state index < -0.39 is 6.10 Å². The van der Waals surface area contributed by atoms with Gasteiger partial charge in [-0.05, 0) is 25.1 Å². The van der Waals surface area contributed by atoms with Crippen molar-refractivity contribution >= 4 is 0 Å². The third-order valence-corrected chi connectivity index (χ3v) is 2.43. The second kappa shape index (κ2) is 4.37. The molecular formula is C12H14N2O2. The summed E-state index contributed by atoms with van der Waals surface area (Å²) in [5.74, 6) is 0.669. The SMILES string of the molecule is COc1cccc(-n2cccn2)c1[C@H](C)O. The molecule has 0 saturated carbocycles. The van der Waals surface area contributed by atoms with Crippen LogP contribution in [0.2, 0.25) is 0 Å². The first-order chi connectivity index (χ1) is 7.74. The molecule has 0 fully saturated rings. The van der Waals surface area contributed by atoms with E-state index in [-0.39, 0.29) is 0 Å². The van der Waals surface area contributed by atoms with E-state index in [0.29, 0.717) is 5.75 Å². The van der Waals surface area contributed by atoms with Crippen LogP contribution in [0.4, 0.5) is 0 Å². The molecule has 0 unspecified atom stereocenters. The summed E-state index contributed by atoms with van der Waals surface area (Å²) in [4.78, 5) is 0. The van der Waals surface area contributed by atoms with Crippen molar-refractivity contribution in [1.82, 2.24) is 9.78 Å². The zero-order chi connectivity index (χ0) is 11.5. The van der Waals surface area contributed by atoms with Crippen molar-refractivity contribution in [3.8, 4) is 11.4 Å². The van der Waals surface area contributed by atoms with Crippen LogP contribution in [0, 0.1) is 0 Å². The topological polar surface area (TPSA) is 47.3 Å². The van der Waals surface area contributed by atoms with E-state index in [1.165, 1.54) is 0 Å². The van der Waals surface area contributed by atoms with Gasteiger partial charge in [0.25, 0.3) is 0 Å². The average Bonchev–Trinajstić information content (AvgIpc) is 2.81.